The summed E-state index contributed by atoms with van der Waals surface area (Å²) >= 11 is 2.15. The van der Waals surface area contributed by atoms with Crippen LogP contribution in [0.25, 0.3) is 10.8 Å². The zero-order valence-electron chi connectivity index (χ0n) is 11.0. The second-order valence-electron chi connectivity index (χ2n) is 4.59. The van der Waals surface area contributed by atoms with Gasteiger partial charge in [0, 0.05) is 14.6 Å². The Morgan fingerprint density at radius 2 is 1.57 bits per heavy atom. The minimum atomic E-state index is -3.61. The van der Waals surface area contributed by atoms with E-state index in [0.717, 1.165) is 14.3 Å². The summed E-state index contributed by atoms with van der Waals surface area (Å²) in [7, 11) is -3.61. The van der Waals surface area contributed by atoms with Gasteiger partial charge in [-0.15, -0.1) is 0 Å². The summed E-state index contributed by atoms with van der Waals surface area (Å²) in [5, 5.41) is 1.63. The van der Waals surface area contributed by atoms with Crippen LogP contribution in [0, 0.1) is 3.57 Å². The van der Waals surface area contributed by atoms with E-state index in [1.165, 1.54) is 0 Å². The molecule has 0 heterocycles. The lowest BCUT2D eigenvalue weighted by Crippen LogP contribution is -2.13. The lowest BCUT2D eigenvalue weighted by molar-refractivity contribution is 0.602. The molecule has 0 unspecified atom stereocenters. The number of sulfonamides is 1. The van der Waals surface area contributed by atoms with Crippen LogP contribution in [0.15, 0.2) is 71.6 Å². The van der Waals surface area contributed by atoms with E-state index in [4.69, 9.17) is 0 Å². The highest BCUT2D eigenvalue weighted by atomic mass is 127. The van der Waals surface area contributed by atoms with Gasteiger partial charge in [-0.3, -0.25) is 4.72 Å². The fourth-order valence-electron chi connectivity index (χ4n) is 2.19. The summed E-state index contributed by atoms with van der Waals surface area (Å²) in [5.41, 5.74) is 0.565. The molecule has 0 aromatic heterocycles. The Hall–Kier alpha value is -1.60. The number of fused-ring (bicyclic) bond motifs is 1. The molecule has 0 amide bonds. The molecule has 3 aromatic rings. The Bertz CT molecular complexity index is 902. The maximum Gasteiger partial charge on any atom is 0.262 e. The highest BCUT2D eigenvalue weighted by Gasteiger charge is 2.17. The molecule has 21 heavy (non-hydrogen) atoms. The summed E-state index contributed by atoms with van der Waals surface area (Å²) in [4.78, 5) is 0.291. The first-order chi connectivity index (χ1) is 10.1. The van der Waals surface area contributed by atoms with E-state index in [9.17, 15) is 8.42 Å². The van der Waals surface area contributed by atoms with Crippen LogP contribution < -0.4 is 4.72 Å². The topological polar surface area (TPSA) is 46.2 Å². The van der Waals surface area contributed by atoms with Gasteiger partial charge in [0.05, 0.1) is 4.90 Å². The van der Waals surface area contributed by atoms with Crippen LogP contribution in [0.1, 0.15) is 0 Å². The fourth-order valence-corrected chi connectivity index (χ4v) is 4.02. The Labute approximate surface area is 137 Å². The van der Waals surface area contributed by atoms with Gasteiger partial charge in [0.1, 0.15) is 0 Å². The average molecular weight is 409 g/mol. The van der Waals surface area contributed by atoms with Crippen molar-refractivity contribution in [2.24, 2.45) is 0 Å². The summed E-state index contributed by atoms with van der Waals surface area (Å²) < 4.78 is 28.8. The van der Waals surface area contributed by atoms with Crippen LogP contribution in [0.4, 0.5) is 5.69 Å². The molecule has 0 aliphatic rings. The van der Waals surface area contributed by atoms with Crippen molar-refractivity contribution in [2.45, 2.75) is 4.90 Å². The number of hydrogen-bond donors (Lipinski definition) is 1. The second kappa shape index (κ2) is 5.65. The minimum absolute atomic E-state index is 0.291. The maximum atomic E-state index is 12.6. The first kappa shape index (κ1) is 14.3. The summed E-state index contributed by atoms with van der Waals surface area (Å²) in [6, 6.07) is 20.0. The van der Waals surface area contributed by atoms with E-state index in [0.29, 0.717) is 10.6 Å². The van der Waals surface area contributed by atoms with E-state index >= 15 is 0 Å². The first-order valence-corrected chi connectivity index (χ1v) is 8.89. The molecule has 0 atom stereocenters. The van der Waals surface area contributed by atoms with Crippen molar-refractivity contribution in [1.29, 1.82) is 0 Å². The van der Waals surface area contributed by atoms with E-state index in [1.54, 1.807) is 24.3 Å². The number of anilines is 1. The van der Waals surface area contributed by atoms with Crippen LogP contribution in [-0.4, -0.2) is 8.42 Å². The molecule has 106 valence electrons. The molecular formula is C16H12INO2S. The van der Waals surface area contributed by atoms with E-state index < -0.39 is 10.0 Å². The van der Waals surface area contributed by atoms with Crippen molar-refractivity contribution in [2.75, 3.05) is 4.72 Å². The van der Waals surface area contributed by atoms with Gasteiger partial charge in [-0.1, -0.05) is 42.5 Å². The van der Waals surface area contributed by atoms with E-state index in [-0.39, 0.29) is 0 Å². The predicted molar refractivity (Wildman–Crippen MR) is 93.9 cm³/mol. The Morgan fingerprint density at radius 3 is 2.38 bits per heavy atom. The third kappa shape index (κ3) is 3.03. The minimum Gasteiger partial charge on any atom is -0.280 e. The van der Waals surface area contributed by atoms with E-state index in [1.807, 2.05) is 42.5 Å². The van der Waals surface area contributed by atoms with Crippen molar-refractivity contribution in [3.63, 3.8) is 0 Å². The summed E-state index contributed by atoms with van der Waals surface area (Å²) in [5.74, 6) is 0. The molecule has 1 N–H and O–H groups in total. The van der Waals surface area contributed by atoms with Crippen molar-refractivity contribution < 1.29 is 8.42 Å². The predicted octanol–water partition coefficient (Wildman–Crippen LogP) is 4.25. The molecule has 3 rings (SSSR count). The zero-order valence-corrected chi connectivity index (χ0v) is 13.9. The molecule has 0 fully saturated rings. The third-order valence-electron chi connectivity index (χ3n) is 3.12. The average Bonchev–Trinajstić information content (AvgIpc) is 2.46. The van der Waals surface area contributed by atoms with Crippen LogP contribution in [0.2, 0.25) is 0 Å². The van der Waals surface area contributed by atoms with Crippen LogP contribution in [0.3, 0.4) is 0 Å². The van der Waals surface area contributed by atoms with Crippen LogP contribution in [-0.2, 0) is 10.0 Å². The third-order valence-corrected chi connectivity index (χ3v) is 5.23. The second-order valence-corrected chi connectivity index (χ2v) is 7.49. The van der Waals surface area contributed by atoms with E-state index in [2.05, 4.69) is 27.3 Å². The Morgan fingerprint density at radius 1 is 0.857 bits per heavy atom. The normalized spacial score (nSPS) is 11.5. The number of rotatable bonds is 3. The quantitative estimate of drug-likeness (QED) is 0.658. The van der Waals surface area contributed by atoms with Gasteiger partial charge in [-0.25, -0.2) is 8.42 Å². The fraction of sp³-hybridized carbons (Fsp3) is 0. The van der Waals surface area contributed by atoms with Gasteiger partial charge in [0.25, 0.3) is 10.0 Å². The van der Waals surface area contributed by atoms with Crippen molar-refractivity contribution >= 4 is 49.1 Å². The van der Waals surface area contributed by atoms with Crippen molar-refractivity contribution in [3.05, 3.63) is 70.3 Å². The van der Waals surface area contributed by atoms with Gasteiger partial charge in [0.2, 0.25) is 0 Å². The van der Waals surface area contributed by atoms with Crippen molar-refractivity contribution in [1.82, 2.24) is 0 Å². The summed E-state index contributed by atoms with van der Waals surface area (Å²) in [6.07, 6.45) is 0. The van der Waals surface area contributed by atoms with Gasteiger partial charge < -0.3 is 0 Å². The molecule has 0 saturated carbocycles. The smallest absolute Gasteiger partial charge is 0.262 e. The number of nitrogens with one attached hydrogen (secondary N) is 1. The number of hydrogen-bond acceptors (Lipinski definition) is 2. The molecule has 0 aliphatic heterocycles. The van der Waals surface area contributed by atoms with Gasteiger partial charge in [-0.2, -0.15) is 0 Å². The standard InChI is InChI=1S/C16H12INO2S/c17-13-7-4-8-14(11-13)18-21(19,20)16-10-3-6-12-5-1-2-9-15(12)16/h1-11,18H. The highest BCUT2D eigenvalue weighted by molar-refractivity contribution is 14.1. The number of halogens is 1. The zero-order chi connectivity index (χ0) is 14.9. The van der Waals surface area contributed by atoms with Crippen molar-refractivity contribution in [3.8, 4) is 0 Å². The summed E-state index contributed by atoms with van der Waals surface area (Å²) in [6.45, 7) is 0. The van der Waals surface area contributed by atoms with Gasteiger partial charge in [0.15, 0.2) is 0 Å². The van der Waals surface area contributed by atoms with Gasteiger partial charge >= 0.3 is 0 Å². The number of benzene rings is 3. The van der Waals surface area contributed by atoms with Crippen LogP contribution in [0.5, 0.6) is 0 Å². The molecule has 3 nitrogen and oxygen atoms in total. The molecule has 0 spiro atoms. The maximum absolute atomic E-state index is 12.6. The molecule has 0 aliphatic carbocycles. The first-order valence-electron chi connectivity index (χ1n) is 6.32. The Kier molecular flexibility index (Phi) is 3.86. The largest absolute Gasteiger partial charge is 0.280 e. The van der Waals surface area contributed by atoms with Crippen LogP contribution >= 0.6 is 22.6 Å². The monoisotopic (exact) mass is 409 g/mol. The molecule has 0 bridgehead atoms. The molecule has 3 aromatic carbocycles. The lowest BCUT2D eigenvalue weighted by atomic mass is 10.1. The van der Waals surface area contributed by atoms with Gasteiger partial charge in [-0.05, 0) is 52.2 Å². The molecule has 0 saturated heterocycles. The lowest BCUT2D eigenvalue weighted by Gasteiger charge is -2.10. The SMILES string of the molecule is O=S(=O)(Nc1cccc(I)c1)c1cccc2ccccc12. The Balaban J connectivity index is 2.09. The molecular weight excluding hydrogens is 397 g/mol. The molecule has 0 radical (unpaired) electrons. The highest BCUT2D eigenvalue weighted by Crippen LogP contribution is 2.25. The molecule has 5 heteroatoms.